The molecule has 0 bridgehead atoms. The van der Waals surface area contributed by atoms with Crippen molar-refractivity contribution in [1.29, 1.82) is 0 Å². The Labute approximate surface area is 199 Å². The molecule has 0 spiro atoms. The summed E-state index contributed by atoms with van der Waals surface area (Å²) in [4.78, 5) is 18.4. The maximum atomic E-state index is 13.6. The Morgan fingerprint density at radius 2 is 1.97 bits per heavy atom. The van der Waals surface area contributed by atoms with Crippen LogP contribution in [0.2, 0.25) is 5.02 Å². The zero-order valence-electron chi connectivity index (χ0n) is 19.5. The van der Waals surface area contributed by atoms with E-state index in [2.05, 4.69) is 23.5 Å². The van der Waals surface area contributed by atoms with E-state index in [-0.39, 0.29) is 17.7 Å². The average Bonchev–Trinajstić information content (AvgIpc) is 3.17. The van der Waals surface area contributed by atoms with Gasteiger partial charge in [0.1, 0.15) is 17.3 Å². The van der Waals surface area contributed by atoms with Gasteiger partial charge in [0.2, 0.25) is 0 Å². The molecular weight excluding hydrogens is 438 g/mol. The molecule has 0 saturated heterocycles. The van der Waals surface area contributed by atoms with Crippen molar-refractivity contribution in [3.8, 4) is 17.0 Å². The van der Waals surface area contributed by atoms with Gasteiger partial charge >= 0.3 is 0 Å². The number of hydrogen-bond donors (Lipinski definition) is 1. The van der Waals surface area contributed by atoms with Crippen LogP contribution in [0.15, 0.2) is 47.3 Å². The first-order valence-electron chi connectivity index (χ1n) is 11.5. The summed E-state index contributed by atoms with van der Waals surface area (Å²) in [5.74, 6) is 1.38. The molecule has 1 aromatic heterocycles. The van der Waals surface area contributed by atoms with E-state index < -0.39 is 0 Å². The van der Waals surface area contributed by atoms with Crippen LogP contribution < -0.4 is 15.6 Å². The van der Waals surface area contributed by atoms with Crippen LogP contribution >= 0.6 is 11.6 Å². The topological polar surface area (TPSA) is 65.4 Å². The van der Waals surface area contributed by atoms with E-state index in [1.165, 1.54) is 11.1 Å². The van der Waals surface area contributed by atoms with Gasteiger partial charge in [-0.15, -0.1) is 0 Å². The van der Waals surface area contributed by atoms with Gasteiger partial charge in [-0.1, -0.05) is 42.8 Å². The van der Waals surface area contributed by atoms with Gasteiger partial charge in [0.15, 0.2) is 0 Å². The lowest BCUT2D eigenvalue weighted by Crippen LogP contribution is -2.32. The fourth-order valence-corrected chi connectivity index (χ4v) is 4.83. The number of halogens is 1. The van der Waals surface area contributed by atoms with Crippen LogP contribution in [0, 0.1) is 0 Å². The van der Waals surface area contributed by atoms with Gasteiger partial charge in [0.05, 0.1) is 30.0 Å². The number of methoxy groups -OCH3 is 1. The van der Waals surface area contributed by atoms with Crippen molar-refractivity contribution in [3.05, 3.63) is 74.7 Å². The molecule has 6 nitrogen and oxygen atoms in total. The number of nitrogens with zero attached hydrogens (tertiary/aromatic N) is 2. The highest BCUT2D eigenvalue weighted by molar-refractivity contribution is 6.33. The molecule has 0 amide bonds. The zero-order valence-corrected chi connectivity index (χ0v) is 20.3. The van der Waals surface area contributed by atoms with Crippen LogP contribution in [0.1, 0.15) is 43.6 Å². The molecule has 3 aromatic rings. The third-order valence-electron chi connectivity index (χ3n) is 6.18. The summed E-state index contributed by atoms with van der Waals surface area (Å²) in [6.07, 6.45) is 1.50. The fourth-order valence-electron chi connectivity index (χ4n) is 4.57. The second-order valence-corrected chi connectivity index (χ2v) is 8.43. The minimum atomic E-state index is -0.177. The van der Waals surface area contributed by atoms with Gasteiger partial charge in [0.25, 0.3) is 5.56 Å². The van der Waals surface area contributed by atoms with E-state index in [0.717, 1.165) is 17.9 Å². The van der Waals surface area contributed by atoms with Crippen LogP contribution in [0.25, 0.3) is 11.3 Å². The summed E-state index contributed by atoms with van der Waals surface area (Å²) in [7, 11) is 1.58. The smallest absolute Gasteiger partial charge is 0.278 e. The number of ether oxygens (including phenoxy) is 2. The second kappa shape index (κ2) is 9.98. The van der Waals surface area contributed by atoms with Gasteiger partial charge in [-0.2, -0.15) is 0 Å². The predicted molar refractivity (Wildman–Crippen MR) is 132 cm³/mol. The van der Waals surface area contributed by atoms with Crippen molar-refractivity contribution in [2.75, 3.05) is 19.0 Å². The average molecular weight is 468 g/mol. The maximum absolute atomic E-state index is 13.6. The Kier molecular flexibility index (Phi) is 7.05. The number of anilines is 1. The highest BCUT2D eigenvalue weighted by atomic mass is 35.5. The molecule has 0 radical (unpaired) electrons. The van der Waals surface area contributed by atoms with Gasteiger partial charge < -0.3 is 14.8 Å². The molecule has 2 aromatic carbocycles. The molecule has 33 heavy (non-hydrogen) atoms. The Balaban J connectivity index is 1.81. The number of rotatable bonds is 8. The molecule has 0 saturated carbocycles. The van der Waals surface area contributed by atoms with Crippen molar-refractivity contribution in [2.45, 2.75) is 52.3 Å². The largest absolute Gasteiger partial charge is 0.497 e. The minimum absolute atomic E-state index is 0.00627. The molecule has 0 aliphatic heterocycles. The molecule has 174 valence electrons. The molecule has 1 aliphatic rings. The standard InChI is InChI=1S/C26H30ClN3O3/c1-5-21-25(29-23-18-11-9-8-10-16(18)14-22(23)33-7-3)30(6-2)26(31)24(28-21)19-13-12-17(32-4)15-20(19)27/h8-13,15,22-23,29H,5-7,14H2,1-4H3/t22-,23?/m0/s1. The van der Waals surface area contributed by atoms with Crippen LogP contribution in [-0.4, -0.2) is 29.4 Å². The van der Waals surface area contributed by atoms with E-state index in [1.807, 2.05) is 26.8 Å². The third-order valence-corrected chi connectivity index (χ3v) is 6.49. The number of fused-ring (bicyclic) bond motifs is 1. The van der Waals surface area contributed by atoms with Crippen molar-refractivity contribution in [2.24, 2.45) is 0 Å². The predicted octanol–water partition coefficient (Wildman–Crippen LogP) is 5.27. The molecule has 7 heteroatoms. The van der Waals surface area contributed by atoms with E-state index in [9.17, 15) is 4.79 Å². The highest BCUT2D eigenvalue weighted by Gasteiger charge is 2.34. The molecule has 0 fully saturated rings. The van der Waals surface area contributed by atoms with Crippen LogP contribution in [0.4, 0.5) is 5.82 Å². The molecule has 1 heterocycles. The van der Waals surface area contributed by atoms with Crippen molar-refractivity contribution in [3.63, 3.8) is 0 Å². The summed E-state index contributed by atoms with van der Waals surface area (Å²) >= 11 is 6.49. The van der Waals surface area contributed by atoms with Gasteiger partial charge in [-0.05, 0) is 49.6 Å². The monoisotopic (exact) mass is 467 g/mol. The molecule has 1 N–H and O–H groups in total. The van der Waals surface area contributed by atoms with Crippen LogP contribution in [0.3, 0.4) is 0 Å². The Hall–Kier alpha value is -2.83. The number of benzene rings is 2. The molecular formula is C26H30ClN3O3. The number of hydrogen-bond acceptors (Lipinski definition) is 5. The molecule has 2 atom stereocenters. The van der Waals surface area contributed by atoms with Gasteiger partial charge in [-0.25, -0.2) is 4.98 Å². The summed E-state index contributed by atoms with van der Waals surface area (Å²) in [6.45, 7) is 7.15. The van der Waals surface area contributed by atoms with Gasteiger partial charge in [-0.3, -0.25) is 9.36 Å². The quantitative estimate of drug-likeness (QED) is 0.489. The minimum Gasteiger partial charge on any atom is -0.497 e. The van der Waals surface area contributed by atoms with E-state index in [1.54, 1.807) is 29.9 Å². The second-order valence-electron chi connectivity index (χ2n) is 8.02. The summed E-state index contributed by atoms with van der Waals surface area (Å²) in [6, 6.07) is 13.6. The summed E-state index contributed by atoms with van der Waals surface area (Å²) < 4.78 is 13.1. The summed E-state index contributed by atoms with van der Waals surface area (Å²) in [5, 5.41) is 4.08. The van der Waals surface area contributed by atoms with Crippen molar-refractivity contribution >= 4 is 17.4 Å². The lowest BCUT2D eigenvalue weighted by atomic mass is 10.1. The van der Waals surface area contributed by atoms with Crippen LogP contribution in [-0.2, 0) is 24.1 Å². The first-order chi connectivity index (χ1) is 16.0. The number of aromatic nitrogens is 2. The highest BCUT2D eigenvalue weighted by Crippen LogP contribution is 2.37. The summed E-state index contributed by atoms with van der Waals surface area (Å²) in [5.41, 5.74) is 4.06. The molecule has 4 rings (SSSR count). The van der Waals surface area contributed by atoms with E-state index >= 15 is 0 Å². The van der Waals surface area contributed by atoms with Crippen LogP contribution in [0.5, 0.6) is 5.75 Å². The zero-order chi connectivity index (χ0) is 23.5. The first-order valence-corrected chi connectivity index (χ1v) is 11.8. The third kappa shape index (κ3) is 4.37. The lowest BCUT2D eigenvalue weighted by molar-refractivity contribution is 0.0572. The van der Waals surface area contributed by atoms with Crippen molar-refractivity contribution in [1.82, 2.24) is 9.55 Å². The number of aryl methyl sites for hydroxylation is 1. The van der Waals surface area contributed by atoms with E-state index in [0.29, 0.717) is 41.6 Å². The maximum Gasteiger partial charge on any atom is 0.278 e. The molecule has 1 unspecified atom stereocenters. The lowest BCUT2D eigenvalue weighted by Gasteiger charge is -2.26. The Morgan fingerprint density at radius 3 is 2.64 bits per heavy atom. The number of nitrogens with one attached hydrogen (secondary N) is 1. The Morgan fingerprint density at radius 1 is 1.18 bits per heavy atom. The SMILES string of the molecule is CCO[C@H]1Cc2ccccc2C1Nc1c(CC)nc(-c2ccc(OC)cc2Cl)c(=O)n1CC. The molecule has 1 aliphatic carbocycles. The van der Waals surface area contributed by atoms with Gasteiger partial charge in [0, 0.05) is 25.1 Å². The fraction of sp³-hybridized carbons (Fsp3) is 0.385. The normalized spacial score (nSPS) is 17.1. The first kappa shape index (κ1) is 23.3. The van der Waals surface area contributed by atoms with Crippen molar-refractivity contribution < 1.29 is 9.47 Å². The Bertz CT molecular complexity index is 1210. The van der Waals surface area contributed by atoms with E-state index in [4.69, 9.17) is 26.1 Å².